The van der Waals surface area contributed by atoms with Crippen LogP contribution in [0.3, 0.4) is 0 Å². The lowest BCUT2D eigenvalue weighted by Gasteiger charge is -2.43. The molecular formula is C18H23F3N4O3. The summed E-state index contributed by atoms with van der Waals surface area (Å²) in [5.41, 5.74) is -0.993. The molecule has 2 saturated heterocycles. The quantitative estimate of drug-likeness (QED) is 0.756. The average molecular weight is 400 g/mol. The summed E-state index contributed by atoms with van der Waals surface area (Å²) in [4.78, 5) is 23.0. The van der Waals surface area contributed by atoms with Gasteiger partial charge in [0.05, 0.1) is 12.1 Å². The first-order valence-corrected chi connectivity index (χ1v) is 9.54. The van der Waals surface area contributed by atoms with Gasteiger partial charge in [-0.05, 0) is 13.3 Å². The molecular weight excluding hydrogens is 377 g/mol. The number of carbonyl (C=O) groups is 1. The van der Waals surface area contributed by atoms with E-state index in [1.165, 1.54) is 0 Å². The number of β-amino-alcohol motifs (C(OH)–C–C–N with tert-alkyl or cyclic N) is 1. The zero-order chi connectivity index (χ0) is 20.2. The third-order valence-corrected chi connectivity index (χ3v) is 5.84. The van der Waals surface area contributed by atoms with Crippen LogP contribution in [0.4, 0.5) is 24.9 Å². The van der Waals surface area contributed by atoms with Crippen molar-refractivity contribution in [3.63, 3.8) is 0 Å². The van der Waals surface area contributed by atoms with Crippen molar-refractivity contribution in [2.45, 2.75) is 51.1 Å². The highest BCUT2D eigenvalue weighted by Crippen LogP contribution is 2.49. The van der Waals surface area contributed by atoms with Crippen LogP contribution in [0.15, 0.2) is 6.07 Å². The SMILES string of the molecule is CCCC(=O)OC1C2CN(c3cc(C(F)(F)F)nc(N4C[C@@H](O)[C@@H]4C)n3)CC21. The molecule has 3 fully saturated rings. The van der Waals surface area contributed by atoms with E-state index < -0.39 is 18.0 Å². The number of aliphatic hydroxyl groups excluding tert-OH is 1. The lowest BCUT2D eigenvalue weighted by molar-refractivity contribution is -0.146. The number of piperidine rings is 1. The maximum atomic E-state index is 13.3. The number of carbonyl (C=O) groups excluding carboxylic acids is 1. The number of anilines is 2. The number of ether oxygens (including phenoxy) is 1. The number of aromatic nitrogens is 2. The minimum atomic E-state index is -4.58. The van der Waals surface area contributed by atoms with Gasteiger partial charge in [0.2, 0.25) is 5.95 Å². The van der Waals surface area contributed by atoms with E-state index in [9.17, 15) is 23.1 Å². The van der Waals surface area contributed by atoms with E-state index in [1.54, 1.807) is 16.7 Å². The fourth-order valence-corrected chi connectivity index (χ4v) is 3.96. The van der Waals surface area contributed by atoms with Crippen LogP contribution in [-0.4, -0.2) is 58.9 Å². The molecule has 3 heterocycles. The van der Waals surface area contributed by atoms with Crippen LogP contribution in [0.25, 0.3) is 0 Å². The first-order valence-electron chi connectivity index (χ1n) is 9.54. The summed E-state index contributed by atoms with van der Waals surface area (Å²) in [6.45, 7) is 4.83. The van der Waals surface area contributed by atoms with Crippen LogP contribution in [0.5, 0.6) is 0 Å². The summed E-state index contributed by atoms with van der Waals surface area (Å²) in [6, 6.07) is 0.637. The molecule has 0 radical (unpaired) electrons. The molecule has 2 aliphatic heterocycles. The van der Waals surface area contributed by atoms with Gasteiger partial charge in [0.25, 0.3) is 0 Å². The minimum absolute atomic E-state index is 0.0193. The Kier molecular flexibility index (Phi) is 4.64. The Labute approximate surface area is 160 Å². The highest BCUT2D eigenvalue weighted by atomic mass is 19.4. The average Bonchev–Trinajstić information content (AvgIpc) is 3.07. The second-order valence-corrected chi connectivity index (χ2v) is 7.81. The number of alkyl halides is 3. The van der Waals surface area contributed by atoms with E-state index in [-0.39, 0.29) is 48.3 Å². The highest BCUT2D eigenvalue weighted by Gasteiger charge is 2.59. The third-order valence-electron chi connectivity index (χ3n) is 5.84. The van der Waals surface area contributed by atoms with Crippen LogP contribution >= 0.6 is 0 Å². The summed E-state index contributed by atoms with van der Waals surface area (Å²) >= 11 is 0. The molecule has 0 spiro atoms. The molecule has 2 unspecified atom stereocenters. The Bertz CT molecular complexity index is 763. The van der Waals surface area contributed by atoms with Crippen molar-refractivity contribution < 1.29 is 27.8 Å². The largest absolute Gasteiger partial charge is 0.462 e. The Hall–Kier alpha value is -2.10. The molecule has 0 bridgehead atoms. The van der Waals surface area contributed by atoms with Crippen molar-refractivity contribution in [1.82, 2.24) is 9.97 Å². The molecule has 28 heavy (non-hydrogen) atoms. The number of rotatable bonds is 5. The molecule has 3 aliphatic rings. The Morgan fingerprint density at radius 2 is 1.96 bits per heavy atom. The molecule has 154 valence electrons. The van der Waals surface area contributed by atoms with Crippen LogP contribution in [0, 0.1) is 11.8 Å². The van der Waals surface area contributed by atoms with Gasteiger partial charge >= 0.3 is 12.1 Å². The minimum Gasteiger partial charge on any atom is -0.462 e. The third kappa shape index (κ3) is 3.38. The molecule has 10 heteroatoms. The molecule has 0 amide bonds. The van der Waals surface area contributed by atoms with Crippen molar-refractivity contribution in [3.8, 4) is 0 Å². The van der Waals surface area contributed by atoms with Crippen molar-refractivity contribution in [1.29, 1.82) is 0 Å². The van der Waals surface area contributed by atoms with Crippen LogP contribution < -0.4 is 9.80 Å². The van der Waals surface area contributed by atoms with Gasteiger partial charge in [-0.3, -0.25) is 4.79 Å². The zero-order valence-electron chi connectivity index (χ0n) is 15.7. The zero-order valence-corrected chi connectivity index (χ0v) is 15.7. The van der Waals surface area contributed by atoms with E-state index in [0.717, 1.165) is 12.5 Å². The van der Waals surface area contributed by atoms with Gasteiger partial charge in [0.1, 0.15) is 11.9 Å². The molecule has 4 rings (SSSR count). The molecule has 1 N–H and O–H groups in total. The van der Waals surface area contributed by atoms with E-state index in [1.807, 2.05) is 6.92 Å². The highest BCUT2D eigenvalue weighted by molar-refractivity contribution is 5.70. The van der Waals surface area contributed by atoms with Crippen molar-refractivity contribution in [2.24, 2.45) is 11.8 Å². The number of aliphatic hydroxyl groups is 1. The Morgan fingerprint density at radius 3 is 2.50 bits per heavy atom. The smallest absolute Gasteiger partial charge is 0.433 e. The van der Waals surface area contributed by atoms with E-state index in [0.29, 0.717) is 19.5 Å². The van der Waals surface area contributed by atoms with Crippen LogP contribution in [-0.2, 0) is 15.7 Å². The molecule has 1 saturated carbocycles. The van der Waals surface area contributed by atoms with Gasteiger partial charge in [-0.2, -0.15) is 18.2 Å². The number of halogens is 3. The summed E-state index contributed by atoms with van der Waals surface area (Å²) in [5, 5.41) is 9.67. The van der Waals surface area contributed by atoms with E-state index in [2.05, 4.69) is 9.97 Å². The predicted octanol–water partition coefficient (Wildman–Crippen LogP) is 1.84. The second kappa shape index (κ2) is 6.75. The summed E-state index contributed by atoms with van der Waals surface area (Å²) in [7, 11) is 0. The van der Waals surface area contributed by atoms with Crippen LogP contribution in [0.2, 0.25) is 0 Å². The lowest BCUT2D eigenvalue weighted by Crippen LogP contribution is -2.59. The monoisotopic (exact) mass is 400 g/mol. The number of esters is 1. The van der Waals surface area contributed by atoms with Gasteiger partial charge in [-0.1, -0.05) is 6.92 Å². The first kappa shape index (κ1) is 19.2. The number of hydrogen-bond acceptors (Lipinski definition) is 7. The number of nitrogens with zero attached hydrogens (tertiary/aromatic N) is 4. The van der Waals surface area contributed by atoms with Crippen molar-refractivity contribution >= 4 is 17.7 Å². The molecule has 4 atom stereocenters. The topological polar surface area (TPSA) is 78.8 Å². The molecule has 7 nitrogen and oxygen atoms in total. The van der Waals surface area contributed by atoms with Gasteiger partial charge in [-0.15, -0.1) is 0 Å². The summed E-state index contributed by atoms with van der Waals surface area (Å²) in [5.74, 6) is 0.255. The Balaban J connectivity index is 1.49. The lowest BCUT2D eigenvalue weighted by atomic mass is 10.0. The van der Waals surface area contributed by atoms with E-state index in [4.69, 9.17) is 4.74 Å². The maximum Gasteiger partial charge on any atom is 0.433 e. The Morgan fingerprint density at radius 1 is 1.29 bits per heavy atom. The first-order chi connectivity index (χ1) is 13.2. The molecule has 1 aromatic heterocycles. The van der Waals surface area contributed by atoms with Gasteiger partial charge in [0, 0.05) is 44.0 Å². The molecule has 1 aromatic rings. The van der Waals surface area contributed by atoms with E-state index >= 15 is 0 Å². The molecule has 0 aromatic carbocycles. The fourth-order valence-electron chi connectivity index (χ4n) is 3.96. The second-order valence-electron chi connectivity index (χ2n) is 7.81. The van der Waals surface area contributed by atoms with Gasteiger partial charge < -0.3 is 19.6 Å². The van der Waals surface area contributed by atoms with Crippen molar-refractivity contribution in [3.05, 3.63) is 11.8 Å². The standard InChI is InChI=1S/C18H23F3N4O3/c1-3-4-15(27)28-16-10-6-24(7-11(10)16)14-5-13(18(19,20)21)22-17(23-14)25-8-12(26)9(25)2/h5,9-12,16,26H,3-4,6-8H2,1-2H3/t9-,10?,11?,12+,16?/m0/s1. The van der Waals surface area contributed by atoms with Gasteiger partial charge in [0.15, 0.2) is 5.69 Å². The number of hydrogen-bond donors (Lipinski definition) is 1. The predicted molar refractivity (Wildman–Crippen MR) is 93.8 cm³/mol. The summed E-state index contributed by atoms with van der Waals surface area (Å²) in [6.07, 6.45) is -4.21. The number of fused-ring (bicyclic) bond motifs is 1. The van der Waals surface area contributed by atoms with Gasteiger partial charge in [-0.25, -0.2) is 4.98 Å². The maximum absolute atomic E-state index is 13.3. The fraction of sp³-hybridized carbons (Fsp3) is 0.722. The summed E-state index contributed by atoms with van der Waals surface area (Å²) < 4.78 is 45.4. The van der Waals surface area contributed by atoms with Crippen molar-refractivity contribution in [2.75, 3.05) is 29.4 Å². The molecule has 1 aliphatic carbocycles. The van der Waals surface area contributed by atoms with Crippen LogP contribution in [0.1, 0.15) is 32.4 Å². The normalized spacial score (nSPS) is 31.4.